The topological polar surface area (TPSA) is 99.3 Å². The molecule has 0 saturated carbocycles. The lowest BCUT2D eigenvalue weighted by Gasteiger charge is -2.11. The average Bonchev–Trinajstić information content (AvgIpc) is 2.64. The smallest absolute Gasteiger partial charge is 0.257 e. The van der Waals surface area contributed by atoms with Crippen LogP contribution in [0.3, 0.4) is 0 Å². The predicted molar refractivity (Wildman–Crippen MR) is 104 cm³/mol. The van der Waals surface area contributed by atoms with Gasteiger partial charge in [0.1, 0.15) is 0 Å². The van der Waals surface area contributed by atoms with Crippen LogP contribution in [0, 0.1) is 13.8 Å². The molecule has 0 bridgehead atoms. The fraction of sp³-hybridized carbons (Fsp3) is 0.211. The second-order valence-electron chi connectivity index (χ2n) is 5.93. The molecule has 0 aromatic heterocycles. The van der Waals surface area contributed by atoms with E-state index in [0.29, 0.717) is 5.02 Å². The summed E-state index contributed by atoms with van der Waals surface area (Å²) in [5.74, 6) is -1.45. The lowest BCUT2D eigenvalue weighted by molar-refractivity contribution is -0.127. The number of carbonyl (C=O) groups excluding carboxylic acids is 3. The fourth-order valence-corrected chi connectivity index (χ4v) is 2.54. The highest BCUT2D eigenvalue weighted by Crippen LogP contribution is 2.15. The largest absolute Gasteiger partial charge is 0.376 e. The highest BCUT2D eigenvalue weighted by atomic mass is 35.5. The molecule has 4 N–H and O–H groups in total. The molecule has 0 fully saturated rings. The molecule has 27 heavy (non-hydrogen) atoms. The summed E-state index contributed by atoms with van der Waals surface area (Å²) in [5, 5.41) is 5.72. The van der Waals surface area contributed by atoms with Crippen molar-refractivity contribution in [1.29, 1.82) is 0 Å². The molecule has 142 valence electrons. The van der Waals surface area contributed by atoms with Crippen LogP contribution in [0.5, 0.6) is 0 Å². The van der Waals surface area contributed by atoms with E-state index in [1.54, 1.807) is 24.3 Å². The first-order chi connectivity index (χ1) is 12.9. The number of carbonyl (C=O) groups is 3. The van der Waals surface area contributed by atoms with Crippen molar-refractivity contribution < 1.29 is 14.4 Å². The first-order valence-electron chi connectivity index (χ1n) is 8.28. The van der Waals surface area contributed by atoms with Crippen molar-refractivity contribution in [3.63, 3.8) is 0 Å². The Kier molecular flexibility index (Phi) is 7.19. The van der Waals surface area contributed by atoms with Crippen molar-refractivity contribution in [2.24, 2.45) is 0 Å². The number of amides is 3. The van der Waals surface area contributed by atoms with Gasteiger partial charge in [-0.15, -0.1) is 0 Å². The molecule has 3 amide bonds. The minimum atomic E-state index is -0.560. The Hall–Kier alpha value is -3.06. The van der Waals surface area contributed by atoms with E-state index in [1.165, 1.54) is 0 Å². The normalized spacial score (nSPS) is 10.0. The minimum Gasteiger partial charge on any atom is -0.376 e. The molecule has 8 heteroatoms. The molecule has 0 radical (unpaired) electrons. The summed E-state index contributed by atoms with van der Waals surface area (Å²) >= 11 is 5.92. The maximum atomic E-state index is 12.0. The van der Waals surface area contributed by atoms with Crippen molar-refractivity contribution in [1.82, 2.24) is 16.2 Å². The minimum absolute atomic E-state index is 0.00381. The molecule has 2 aromatic carbocycles. The third kappa shape index (κ3) is 6.31. The number of hydrogen-bond acceptors (Lipinski definition) is 4. The number of halogens is 1. The number of hydrazine groups is 1. The first kappa shape index (κ1) is 20.3. The first-order valence-corrected chi connectivity index (χ1v) is 8.66. The van der Waals surface area contributed by atoms with E-state index < -0.39 is 17.7 Å². The van der Waals surface area contributed by atoms with Gasteiger partial charge in [0.05, 0.1) is 23.7 Å². The van der Waals surface area contributed by atoms with Gasteiger partial charge in [-0.2, -0.15) is 0 Å². The molecule has 0 aliphatic rings. The van der Waals surface area contributed by atoms with Crippen LogP contribution in [-0.4, -0.2) is 30.8 Å². The van der Waals surface area contributed by atoms with E-state index in [9.17, 15) is 14.4 Å². The number of hydrogen-bond donors (Lipinski definition) is 4. The summed E-state index contributed by atoms with van der Waals surface area (Å²) in [6.45, 7) is 3.63. The molecule has 7 nitrogen and oxygen atoms in total. The summed E-state index contributed by atoms with van der Waals surface area (Å²) in [7, 11) is 0. The molecule has 0 saturated heterocycles. The Bertz CT molecular complexity index is 855. The molecular formula is C19H21ClN4O3. The summed E-state index contributed by atoms with van der Waals surface area (Å²) in [4.78, 5) is 35.5. The van der Waals surface area contributed by atoms with Gasteiger partial charge in [-0.3, -0.25) is 25.2 Å². The predicted octanol–water partition coefficient (Wildman–Crippen LogP) is 1.95. The molecule has 0 aliphatic carbocycles. The zero-order chi connectivity index (χ0) is 19.8. The highest BCUT2D eigenvalue weighted by molar-refractivity contribution is 6.33. The van der Waals surface area contributed by atoms with Gasteiger partial charge >= 0.3 is 0 Å². The Morgan fingerprint density at radius 2 is 1.59 bits per heavy atom. The van der Waals surface area contributed by atoms with Gasteiger partial charge in [0.15, 0.2) is 0 Å². The maximum Gasteiger partial charge on any atom is 0.257 e. The second kappa shape index (κ2) is 9.59. The van der Waals surface area contributed by atoms with E-state index in [0.717, 1.165) is 16.8 Å². The lowest BCUT2D eigenvalue weighted by atomic mass is 10.1. The van der Waals surface area contributed by atoms with Gasteiger partial charge < -0.3 is 10.6 Å². The van der Waals surface area contributed by atoms with Gasteiger partial charge in [0.2, 0.25) is 0 Å². The molecule has 0 heterocycles. The van der Waals surface area contributed by atoms with Crippen molar-refractivity contribution in [2.45, 2.75) is 13.8 Å². The molecule has 0 atom stereocenters. The number of rotatable bonds is 6. The average molecular weight is 389 g/mol. The van der Waals surface area contributed by atoms with Crippen LogP contribution in [0.1, 0.15) is 21.5 Å². The third-order valence-corrected chi connectivity index (χ3v) is 4.02. The molecule has 0 spiro atoms. The van der Waals surface area contributed by atoms with Gasteiger partial charge in [0, 0.05) is 5.69 Å². The SMILES string of the molecule is Cc1ccc(NCC(=O)NNC(=O)CNC(=O)c2ccccc2Cl)c(C)c1. The number of nitrogens with one attached hydrogen (secondary N) is 4. The van der Waals surface area contributed by atoms with Crippen LogP contribution < -0.4 is 21.5 Å². The van der Waals surface area contributed by atoms with E-state index in [1.807, 2.05) is 32.0 Å². The van der Waals surface area contributed by atoms with E-state index >= 15 is 0 Å². The standard InChI is InChI=1S/C19H21ClN4O3/c1-12-7-8-16(13(2)9-12)21-10-17(25)23-24-18(26)11-22-19(27)14-5-3-4-6-15(14)20/h3-9,21H,10-11H2,1-2H3,(H,22,27)(H,23,25)(H,24,26). The summed E-state index contributed by atoms with van der Waals surface area (Å²) < 4.78 is 0. The summed E-state index contributed by atoms with van der Waals surface area (Å²) in [6, 6.07) is 12.3. The highest BCUT2D eigenvalue weighted by Gasteiger charge is 2.11. The van der Waals surface area contributed by atoms with Crippen LogP contribution in [0.25, 0.3) is 0 Å². The fourth-order valence-electron chi connectivity index (χ4n) is 2.32. The lowest BCUT2D eigenvalue weighted by Crippen LogP contribution is -2.48. The maximum absolute atomic E-state index is 12.0. The molecule has 0 aliphatic heterocycles. The van der Waals surface area contributed by atoms with E-state index in [4.69, 9.17) is 11.6 Å². The van der Waals surface area contributed by atoms with Crippen molar-refractivity contribution in [3.05, 3.63) is 64.2 Å². The Labute approximate surface area is 162 Å². The molecule has 2 aromatic rings. The van der Waals surface area contributed by atoms with Crippen LogP contribution in [0.4, 0.5) is 5.69 Å². The summed E-state index contributed by atoms with van der Waals surface area (Å²) in [6.07, 6.45) is 0. The second-order valence-corrected chi connectivity index (χ2v) is 6.34. The van der Waals surface area contributed by atoms with Crippen LogP contribution in [0.15, 0.2) is 42.5 Å². The Morgan fingerprint density at radius 3 is 2.26 bits per heavy atom. The number of aryl methyl sites for hydroxylation is 2. The van der Waals surface area contributed by atoms with Crippen molar-refractivity contribution >= 4 is 35.0 Å². The van der Waals surface area contributed by atoms with E-state index in [2.05, 4.69) is 21.5 Å². The monoisotopic (exact) mass is 388 g/mol. The summed E-state index contributed by atoms with van der Waals surface area (Å²) in [5.41, 5.74) is 7.79. The number of benzene rings is 2. The molecular weight excluding hydrogens is 368 g/mol. The van der Waals surface area contributed by atoms with Crippen molar-refractivity contribution in [3.8, 4) is 0 Å². The molecule has 0 unspecified atom stereocenters. The third-order valence-electron chi connectivity index (χ3n) is 3.69. The van der Waals surface area contributed by atoms with Crippen molar-refractivity contribution in [2.75, 3.05) is 18.4 Å². The molecule has 2 rings (SSSR count). The van der Waals surface area contributed by atoms with Gasteiger partial charge in [-0.05, 0) is 37.6 Å². The van der Waals surface area contributed by atoms with Crippen LogP contribution in [0.2, 0.25) is 5.02 Å². The Morgan fingerprint density at radius 1 is 0.926 bits per heavy atom. The van der Waals surface area contributed by atoms with Gasteiger partial charge in [-0.25, -0.2) is 0 Å². The van der Waals surface area contributed by atoms with Crippen LogP contribution >= 0.6 is 11.6 Å². The quantitative estimate of drug-likeness (QED) is 0.568. The number of anilines is 1. The van der Waals surface area contributed by atoms with Gasteiger partial charge in [-0.1, -0.05) is 41.4 Å². The Balaban J connectivity index is 1.71. The van der Waals surface area contributed by atoms with Gasteiger partial charge in [0.25, 0.3) is 17.7 Å². The zero-order valence-electron chi connectivity index (χ0n) is 15.1. The van der Waals surface area contributed by atoms with Crippen LogP contribution in [-0.2, 0) is 9.59 Å². The zero-order valence-corrected chi connectivity index (χ0v) is 15.8. The van der Waals surface area contributed by atoms with E-state index in [-0.39, 0.29) is 18.7 Å².